The van der Waals surface area contributed by atoms with Crippen LogP contribution in [0.25, 0.3) is 0 Å². The van der Waals surface area contributed by atoms with Crippen LogP contribution in [0.3, 0.4) is 0 Å². The van der Waals surface area contributed by atoms with Gasteiger partial charge in [-0.05, 0) is 44.5 Å². The first kappa shape index (κ1) is 19.9. The molecule has 8 heteroatoms. The van der Waals surface area contributed by atoms with Crippen molar-refractivity contribution in [3.05, 3.63) is 54.1 Å². The Morgan fingerprint density at radius 3 is 2.39 bits per heavy atom. The number of carbonyl (C=O) groups excluding carboxylic acids is 2. The van der Waals surface area contributed by atoms with Gasteiger partial charge in [0.15, 0.2) is 0 Å². The van der Waals surface area contributed by atoms with Crippen LogP contribution in [-0.2, 0) is 14.8 Å². The monoisotopic (exact) mass is 401 g/mol. The number of carbonyl (C=O) groups is 2. The third-order valence-electron chi connectivity index (χ3n) is 4.67. The molecule has 1 atom stereocenters. The van der Waals surface area contributed by atoms with Crippen LogP contribution in [0, 0.1) is 6.92 Å². The van der Waals surface area contributed by atoms with Crippen molar-refractivity contribution < 1.29 is 18.0 Å². The number of aryl methyl sites for hydroxylation is 1. The van der Waals surface area contributed by atoms with Crippen LogP contribution in [-0.4, -0.2) is 32.9 Å². The molecule has 2 aromatic rings. The van der Waals surface area contributed by atoms with Gasteiger partial charge < -0.3 is 5.32 Å². The molecule has 1 aliphatic rings. The second kappa shape index (κ2) is 7.63. The number of nitrogens with zero attached hydrogens (tertiary/aromatic N) is 2. The van der Waals surface area contributed by atoms with Crippen molar-refractivity contribution in [3.8, 4) is 0 Å². The Kier molecular flexibility index (Phi) is 5.42. The van der Waals surface area contributed by atoms with Crippen molar-refractivity contribution in [3.63, 3.8) is 0 Å². The summed E-state index contributed by atoms with van der Waals surface area (Å²) in [6.45, 7) is 5.42. The maximum absolute atomic E-state index is 13.2. The van der Waals surface area contributed by atoms with E-state index in [-0.39, 0.29) is 34.8 Å². The standard InChI is InChI=1S/C20H23N3O4S/c1-4-15(3)21-19(24)13-22-17-7-5-6-8-18(17)28(26,27)23(20(22)25)16-11-9-14(2)10-12-16/h5-12,15H,4,13H2,1-3H3,(H,21,24)/t15-/m1/s1. The van der Waals surface area contributed by atoms with Crippen LogP contribution in [0.5, 0.6) is 0 Å². The van der Waals surface area contributed by atoms with E-state index in [9.17, 15) is 18.0 Å². The van der Waals surface area contributed by atoms with E-state index >= 15 is 0 Å². The number of hydrogen-bond donors (Lipinski definition) is 1. The van der Waals surface area contributed by atoms with Gasteiger partial charge in [0, 0.05) is 6.04 Å². The third-order valence-corrected chi connectivity index (χ3v) is 6.42. The van der Waals surface area contributed by atoms with Gasteiger partial charge in [0.05, 0.1) is 11.4 Å². The zero-order valence-electron chi connectivity index (χ0n) is 16.0. The molecule has 0 bridgehead atoms. The zero-order chi connectivity index (χ0) is 20.5. The molecule has 0 unspecified atom stereocenters. The number of amides is 3. The highest BCUT2D eigenvalue weighted by molar-refractivity contribution is 7.94. The molecule has 7 nitrogen and oxygen atoms in total. The van der Waals surface area contributed by atoms with Gasteiger partial charge in [0.1, 0.15) is 11.4 Å². The lowest BCUT2D eigenvalue weighted by molar-refractivity contribution is -0.120. The lowest BCUT2D eigenvalue weighted by atomic mass is 10.2. The fourth-order valence-electron chi connectivity index (χ4n) is 2.96. The smallest absolute Gasteiger partial charge is 0.343 e. The van der Waals surface area contributed by atoms with Crippen molar-refractivity contribution in [1.29, 1.82) is 0 Å². The summed E-state index contributed by atoms with van der Waals surface area (Å²) in [5.74, 6) is -0.347. The summed E-state index contributed by atoms with van der Waals surface area (Å²) in [6, 6.07) is 12.0. The first-order valence-electron chi connectivity index (χ1n) is 9.07. The lowest BCUT2D eigenvalue weighted by Gasteiger charge is -2.36. The minimum absolute atomic E-state index is 0.00786. The first-order chi connectivity index (χ1) is 13.3. The van der Waals surface area contributed by atoms with E-state index < -0.39 is 16.1 Å². The molecule has 3 rings (SSSR count). The Morgan fingerprint density at radius 2 is 1.75 bits per heavy atom. The fourth-order valence-corrected chi connectivity index (χ4v) is 4.55. The third kappa shape index (κ3) is 3.60. The van der Waals surface area contributed by atoms with Crippen LogP contribution < -0.4 is 14.5 Å². The minimum Gasteiger partial charge on any atom is -0.352 e. The summed E-state index contributed by atoms with van der Waals surface area (Å²) in [7, 11) is -4.08. The van der Waals surface area contributed by atoms with Crippen LogP contribution >= 0.6 is 0 Å². The molecule has 0 spiro atoms. The number of urea groups is 1. The average molecular weight is 401 g/mol. The molecule has 0 saturated heterocycles. The highest BCUT2D eigenvalue weighted by atomic mass is 32.2. The molecule has 28 heavy (non-hydrogen) atoms. The molecule has 1 N–H and O–H groups in total. The van der Waals surface area contributed by atoms with Crippen molar-refractivity contribution in [2.24, 2.45) is 0 Å². The molecular formula is C20H23N3O4S. The molecule has 0 aliphatic carbocycles. The molecule has 0 fully saturated rings. The summed E-state index contributed by atoms with van der Waals surface area (Å²) < 4.78 is 27.0. The first-order valence-corrected chi connectivity index (χ1v) is 10.5. The van der Waals surface area contributed by atoms with Gasteiger partial charge in [0.25, 0.3) is 10.0 Å². The maximum Gasteiger partial charge on any atom is 0.343 e. The number of para-hydroxylation sites is 1. The van der Waals surface area contributed by atoms with Gasteiger partial charge >= 0.3 is 6.03 Å². The second-order valence-electron chi connectivity index (χ2n) is 6.82. The fraction of sp³-hybridized carbons (Fsp3) is 0.300. The van der Waals surface area contributed by atoms with E-state index in [0.29, 0.717) is 0 Å². The van der Waals surface area contributed by atoms with E-state index in [1.54, 1.807) is 36.4 Å². The Bertz CT molecular complexity index is 1000. The van der Waals surface area contributed by atoms with E-state index in [0.717, 1.165) is 16.3 Å². The number of rotatable bonds is 5. The average Bonchev–Trinajstić information content (AvgIpc) is 2.66. The number of benzene rings is 2. The topological polar surface area (TPSA) is 86.8 Å². The van der Waals surface area contributed by atoms with Gasteiger partial charge in [-0.2, -0.15) is 4.31 Å². The van der Waals surface area contributed by atoms with Crippen molar-refractivity contribution >= 4 is 33.3 Å². The molecular weight excluding hydrogens is 378 g/mol. The highest BCUT2D eigenvalue weighted by Gasteiger charge is 2.42. The van der Waals surface area contributed by atoms with E-state index in [4.69, 9.17) is 0 Å². The normalized spacial score (nSPS) is 16.5. The van der Waals surface area contributed by atoms with Crippen LogP contribution in [0.4, 0.5) is 16.2 Å². The van der Waals surface area contributed by atoms with Gasteiger partial charge in [-0.3, -0.25) is 9.69 Å². The highest BCUT2D eigenvalue weighted by Crippen LogP contribution is 2.36. The van der Waals surface area contributed by atoms with Crippen molar-refractivity contribution in [2.45, 2.75) is 38.1 Å². The van der Waals surface area contributed by atoms with E-state index in [1.165, 1.54) is 17.0 Å². The predicted molar refractivity (Wildman–Crippen MR) is 108 cm³/mol. The van der Waals surface area contributed by atoms with Gasteiger partial charge in [-0.15, -0.1) is 0 Å². The van der Waals surface area contributed by atoms with Crippen LogP contribution in [0.2, 0.25) is 0 Å². The Morgan fingerprint density at radius 1 is 1.11 bits per heavy atom. The second-order valence-corrected chi connectivity index (χ2v) is 8.57. The largest absolute Gasteiger partial charge is 0.352 e. The van der Waals surface area contributed by atoms with Crippen LogP contribution in [0.15, 0.2) is 53.4 Å². The quantitative estimate of drug-likeness (QED) is 0.834. The molecule has 148 valence electrons. The molecule has 1 aliphatic heterocycles. The van der Waals surface area contributed by atoms with Gasteiger partial charge in [-0.25, -0.2) is 13.2 Å². The molecule has 2 aromatic carbocycles. The predicted octanol–water partition coefficient (Wildman–Crippen LogP) is 3.05. The summed E-state index contributed by atoms with van der Waals surface area (Å²) in [5.41, 5.74) is 1.38. The molecule has 0 aromatic heterocycles. The minimum atomic E-state index is -4.08. The van der Waals surface area contributed by atoms with Crippen molar-refractivity contribution in [1.82, 2.24) is 5.32 Å². The number of nitrogens with one attached hydrogen (secondary N) is 1. The van der Waals surface area contributed by atoms with E-state index in [1.807, 2.05) is 20.8 Å². The number of hydrogen-bond acceptors (Lipinski definition) is 4. The Balaban J connectivity index is 2.06. The Hall–Kier alpha value is -2.87. The number of anilines is 2. The lowest BCUT2D eigenvalue weighted by Crippen LogP contribution is -2.54. The molecule has 0 saturated carbocycles. The summed E-state index contributed by atoms with van der Waals surface area (Å²) in [4.78, 5) is 26.8. The molecule has 0 radical (unpaired) electrons. The maximum atomic E-state index is 13.2. The van der Waals surface area contributed by atoms with E-state index in [2.05, 4.69) is 5.32 Å². The molecule has 3 amide bonds. The summed E-state index contributed by atoms with van der Waals surface area (Å²) >= 11 is 0. The number of sulfonamides is 1. The summed E-state index contributed by atoms with van der Waals surface area (Å²) in [6.07, 6.45) is 0.750. The van der Waals surface area contributed by atoms with Gasteiger partial charge in [-0.1, -0.05) is 36.8 Å². The SMILES string of the molecule is CC[C@@H](C)NC(=O)CN1C(=O)N(c2ccc(C)cc2)S(=O)(=O)c2ccccc21. The summed E-state index contributed by atoms with van der Waals surface area (Å²) in [5, 5.41) is 2.81. The Labute approximate surface area is 165 Å². The van der Waals surface area contributed by atoms with Gasteiger partial charge in [0.2, 0.25) is 5.91 Å². The van der Waals surface area contributed by atoms with Crippen molar-refractivity contribution in [2.75, 3.05) is 15.7 Å². The number of fused-ring (bicyclic) bond motifs is 1. The van der Waals surface area contributed by atoms with Crippen LogP contribution in [0.1, 0.15) is 25.8 Å². The molecule has 1 heterocycles. The zero-order valence-corrected chi connectivity index (χ0v) is 16.9.